The molecule has 7 nitrogen and oxygen atoms in total. The van der Waals surface area contributed by atoms with Crippen LogP contribution in [0.5, 0.6) is 0 Å². The second-order valence-electron chi connectivity index (χ2n) is 6.57. The van der Waals surface area contributed by atoms with Crippen LogP contribution in [-0.4, -0.2) is 32.1 Å². The molecule has 2 N–H and O–H groups in total. The van der Waals surface area contributed by atoms with Crippen LogP contribution in [0.1, 0.15) is 23.3 Å². The summed E-state index contributed by atoms with van der Waals surface area (Å²) in [4.78, 5) is 29.9. The Morgan fingerprint density at radius 2 is 1.93 bits per heavy atom. The van der Waals surface area contributed by atoms with E-state index in [1.54, 1.807) is 48.7 Å². The van der Waals surface area contributed by atoms with Gasteiger partial charge in [0.25, 0.3) is 5.91 Å². The highest BCUT2D eigenvalue weighted by Crippen LogP contribution is 2.37. The van der Waals surface area contributed by atoms with E-state index in [1.165, 1.54) is 4.68 Å². The first-order valence-corrected chi connectivity index (χ1v) is 10.2. The van der Waals surface area contributed by atoms with Crippen LogP contribution in [0.2, 0.25) is 10.0 Å². The fraction of sp³-hybridized carbons (Fsp3) is 0.158. The maximum Gasteiger partial charge on any atom is 0.270 e. The minimum Gasteiger partial charge on any atom is -0.336 e. The van der Waals surface area contributed by atoms with Gasteiger partial charge in [-0.25, -0.2) is 9.67 Å². The van der Waals surface area contributed by atoms with Gasteiger partial charge in [0.2, 0.25) is 5.91 Å². The molecule has 2 amide bonds. The lowest BCUT2D eigenvalue weighted by atomic mass is 10.2. The molecule has 2 aromatic heterocycles. The highest BCUT2D eigenvalue weighted by Gasteiger charge is 2.51. The molecule has 1 aromatic carbocycles. The lowest BCUT2D eigenvalue weighted by Gasteiger charge is -2.18. The Morgan fingerprint density at radius 1 is 1.14 bits per heavy atom. The number of hydrogen-bond acceptors (Lipinski definition) is 4. The van der Waals surface area contributed by atoms with Gasteiger partial charge in [-0.15, -0.1) is 0 Å². The molecule has 0 spiro atoms. The van der Waals surface area contributed by atoms with Crippen molar-refractivity contribution in [3.63, 3.8) is 0 Å². The normalized spacial score (nSPS) is 14.3. The Balaban J connectivity index is 1.56. The summed E-state index contributed by atoms with van der Waals surface area (Å²) < 4.78 is 1.78. The summed E-state index contributed by atoms with van der Waals surface area (Å²) in [7, 11) is 0. The molecule has 0 aliphatic heterocycles. The smallest absolute Gasteiger partial charge is 0.270 e. The van der Waals surface area contributed by atoms with Crippen LogP contribution in [0, 0.1) is 0 Å². The number of aromatic nitrogens is 3. The van der Waals surface area contributed by atoms with Gasteiger partial charge in [0.15, 0.2) is 5.82 Å². The number of benzene rings is 1. The van der Waals surface area contributed by atoms with E-state index in [4.69, 9.17) is 23.2 Å². The second kappa shape index (κ2) is 7.78. The lowest BCUT2D eigenvalue weighted by molar-refractivity contribution is -0.118. The largest absolute Gasteiger partial charge is 0.336 e. The number of nitrogens with one attached hydrogen (secondary N) is 2. The molecule has 0 atom stereocenters. The van der Waals surface area contributed by atoms with Crippen molar-refractivity contribution in [1.29, 1.82) is 0 Å². The Labute approximate surface area is 184 Å². The summed E-state index contributed by atoms with van der Waals surface area (Å²) in [6.45, 7) is 0. The highest BCUT2D eigenvalue weighted by atomic mass is 79.9. The van der Waals surface area contributed by atoms with Crippen molar-refractivity contribution in [3.05, 3.63) is 69.0 Å². The van der Waals surface area contributed by atoms with Crippen LogP contribution in [0.3, 0.4) is 0 Å². The molecular weight excluding hydrogens is 481 g/mol. The van der Waals surface area contributed by atoms with Crippen molar-refractivity contribution in [2.45, 2.75) is 18.4 Å². The van der Waals surface area contributed by atoms with E-state index in [0.29, 0.717) is 39.0 Å². The van der Waals surface area contributed by atoms with Crippen LogP contribution >= 0.6 is 39.1 Å². The Morgan fingerprint density at radius 3 is 2.62 bits per heavy atom. The quantitative estimate of drug-likeness (QED) is 0.555. The first kappa shape index (κ1) is 19.9. The number of anilines is 1. The van der Waals surface area contributed by atoms with Crippen molar-refractivity contribution in [3.8, 4) is 5.82 Å². The van der Waals surface area contributed by atoms with Crippen LogP contribution in [-0.2, 0) is 4.79 Å². The summed E-state index contributed by atoms with van der Waals surface area (Å²) in [5.41, 5.74) is -0.204. The van der Waals surface area contributed by atoms with Gasteiger partial charge in [-0.3, -0.25) is 9.59 Å². The van der Waals surface area contributed by atoms with Gasteiger partial charge in [0.05, 0.1) is 5.02 Å². The van der Waals surface area contributed by atoms with Crippen LogP contribution in [0.25, 0.3) is 5.82 Å². The summed E-state index contributed by atoms with van der Waals surface area (Å²) in [5.74, 6) is -0.434. The second-order valence-corrected chi connectivity index (χ2v) is 8.23. The lowest BCUT2D eigenvalue weighted by Crippen LogP contribution is -2.46. The molecule has 4 rings (SSSR count). The predicted octanol–water partition coefficient (Wildman–Crippen LogP) is 4.24. The number of halogens is 3. The fourth-order valence-corrected chi connectivity index (χ4v) is 3.61. The van der Waals surface area contributed by atoms with E-state index in [-0.39, 0.29) is 11.6 Å². The number of carbonyl (C=O) groups is 2. The first-order chi connectivity index (χ1) is 13.9. The molecule has 0 unspecified atom stereocenters. The molecular formula is C19H14BrCl2N5O2. The van der Waals surface area contributed by atoms with Crippen molar-refractivity contribution in [2.75, 3.05) is 5.32 Å². The Bertz CT molecular complexity index is 1110. The van der Waals surface area contributed by atoms with Gasteiger partial charge in [-0.2, -0.15) is 5.10 Å². The number of rotatable bonds is 5. The van der Waals surface area contributed by atoms with Gasteiger partial charge in [0, 0.05) is 23.0 Å². The Kier molecular flexibility index (Phi) is 5.33. The van der Waals surface area contributed by atoms with E-state index < -0.39 is 11.4 Å². The third-order valence-electron chi connectivity index (χ3n) is 4.47. The van der Waals surface area contributed by atoms with E-state index in [0.717, 1.165) is 0 Å². The SMILES string of the molecule is O=C(NC1(C(=O)Nc2cccc(Cl)c2)CC1)c1cc(Br)nn1-c1ncccc1Cl. The number of hydrogen-bond donors (Lipinski definition) is 2. The molecule has 0 saturated heterocycles. The maximum atomic E-state index is 13.0. The number of pyridine rings is 1. The monoisotopic (exact) mass is 493 g/mol. The van der Waals surface area contributed by atoms with E-state index in [1.807, 2.05) is 0 Å². The van der Waals surface area contributed by atoms with Gasteiger partial charge in [0.1, 0.15) is 15.8 Å². The van der Waals surface area contributed by atoms with Crippen molar-refractivity contribution in [2.24, 2.45) is 0 Å². The summed E-state index contributed by atoms with van der Waals surface area (Å²) in [6.07, 6.45) is 2.62. The van der Waals surface area contributed by atoms with E-state index in [9.17, 15) is 9.59 Å². The predicted molar refractivity (Wildman–Crippen MR) is 114 cm³/mol. The average Bonchev–Trinajstić information content (AvgIpc) is 3.36. The minimum atomic E-state index is -0.977. The highest BCUT2D eigenvalue weighted by molar-refractivity contribution is 9.10. The minimum absolute atomic E-state index is 0.208. The molecule has 1 aliphatic carbocycles. The zero-order valence-corrected chi connectivity index (χ0v) is 17.9. The number of carbonyl (C=O) groups excluding carboxylic acids is 2. The van der Waals surface area contributed by atoms with Gasteiger partial charge in [-0.1, -0.05) is 29.3 Å². The van der Waals surface area contributed by atoms with Gasteiger partial charge >= 0.3 is 0 Å². The standard InChI is InChI=1S/C19H14BrCl2N5O2/c20-15-10-14(27(26-15)16-13(22)5-2-8-23-16)17(28)25-19(6-7-19)18(29)24-12-4-1-3-11(21)9-12/h1-5,8-10H,6-7H2,(H,24,29)(H,25,28). The topological polar surface area (TPSA) is 88.9 Å². The summed E-state index contributed by atoms with van der Waals surface area (Å²) >= 11 is 15.4. The van der Waals surface area contributed by atoms with Gasteiger partial charge < -0.3 is 10.6 Å². The molecule has 2 heterocycles. The van der Waals surface area contributed by atoms with Crippen molar-refractivity contribution < 1.29 is 9.59 Å². The molecule has 1 aliphatic rings. The molecule has 0 radical (unpaired) electrons. The maximum absolute atomic E-state index is 13.0. The van der Waals surface area contributed by atoms with Gasteiger partial charge in [-0.05, 0) is 59.1 Å². The summed E-state index contributed by atoms with van der Waals surface area (Å²) in [5, 5.41) is 10.7. The van der Waals surface area contributed by atoms with Crippen molar-refractivity contribution in [1.82, 2.24) is 20.1 Å². The molecule has 1 saturated carbocycles. The molecule has 10 heteroatoms. The molecule has 29 heavy (non-hydrogen) atoms. The average molecular weight is 495 g/mol. The van der Waals surface area contributed by atoms with E-state index >= 15 is 0 Å². The van der Waals surface area contributed by atoms with Crippen LogP contribution < -0.4 is 10.6 Å². The first-order valence-electron chi connectivity index (χ1n) is 8.64. The van der Waals surface area contributed by atoms with Crippen molar-refractivity contribution >= 4 is 56.6 Å². The molecule has 148 valence electrons. The zero-order valence-electron chi connectivity index (χ0n) is 14.8. The zero-order chi connectivity index (χ0) is 20.6. The van der Waals surface area contributed by atoms with Crippen LogP contribution in [0.4, 0.5) is 5.69 Å². The molecule has 1 fully saturated rings. The van der Waals surface area contributed by atoms with E-state index in [2.05, 4.69) is 36.6 Å². The number of nitrogens with zero attached hydrogens (tertiary/aromatic N) is 3. The summed E-state index contributed by atoms with van der Waals surface area (Å²) in [6, 6.07) is 11.7. The third-order valence-corrected chi connectivity index (χ3v) is 5.39. The molecule has 3 aromatic rings. The third kappa shape index (κ3) is 4.14. The fourth-order valence-electron chi connectivity index (χ4n) is 2.84. The Hall–Kier alpha value is -2.42. The van der Waals surface area contributed by atoms with Crippen LogP contribution in [0.15, 0.2) is 53.3 Å². The number of amides is 2. The molecule has 0 bridgehead atoms.